The van der Waals surface area contributed by atoms with Gasteiger partial charge in [0.1, 0.15) is 6.26 Å². The molecule has 1 atom stereocenters. The van der Waals surface area contributed by atoms with Gasteiger partial charge in [0.25, 0.3) is 5.91 Å². The summed E-state index contributed by atoms with van der Waals surface area (Å²) in [4.78, 5) is 16.5. The summed E-state index contributed by atoms with van der Waals surface area (Å²) in [6.45, 7) is 6.32. The van der Waals surface area contributed by atoms with E-state index >= 15 is 0 Å². The third kappa shape index (κ3) is 3.31. The lowest BCUT2D eigenvalue weighted by atomic mass is 9.88. The molecular weight excluding hydrogens is 266 g/mol. The first kappa shape index (κ1) is 15.3. The molecule has 0 aliphatic carbocycles. The zero-order chi connectivity index (χ0) is 15.5. The number of rotatable bonds is 5. The third-order valence-electron chi connectivity index (χ3n) is 3.85. The lowest BCUT2D eigenvalue weighted by molar-refractivity contribution is 0.0878. The molecule has 2 aromatic rings. The Hall–Kier alpha value is -2.14. The topological polar surface area (TPSA) is 81.1 Å². The van der Waals surface area contributed by atoms with Crippen LogP contribution in [-0.4, -0.2) is 23.0 Å². The molecule has 3 N–H and O–H groups in total. The van der Waals surface area contributed by atoms with Crippen LogP contribution in [0.4, 0.5) is 0 Å². The van der Waals surface area contributed by atoms with Gasteiger partial charge in [-0.25, -0.2) is 4.98 Å². The zero-order valence-electron chi connectivity index (χ0n) is 12.6. The first-order valence-electron chi connectivity index (χ1n) is 7.00. The Labute approximate surface area is 124 Å². The van der Waals surface area contributed by atoms with Crippen molar-refractivity contribution >= 4 is 5.91 Å². The van der Waals surface area contributed by atoms with Crippen molar-refractivity contribution in [2.24, 2.45) is 11.7 Å². The fourth-order valence-electron chi connectivity index (χ4n) is 1.85. The Morgan fingerprint density at radius 3 is 2.62 bits per heavy atom. The molecular formula is C16H21N3O2. The van der Waals surface area contributed by atoms with Crippen molar-refractivity contribution in [2.45, 2.75) is 26.3 Å². The quantitative estimate of drug-likeness (QED) is 0.885. The van der Waals surface area contributed by atoms with Crippen LogP contribution in [0.2, 0.25) is 0 Å². The van der Waals surface area contributed by atoms with Crippen molar-refractivity contribution in [3.8, 4) is 11.5 Å². The predicted octanol–water partition coefficient (Wildman–Crippen LogP) is 2.44. The van der Waals surface area contributed by atoms with Crippen molar-refractivity contribution in [3.63, 3.8) is 0 Å². The van der Waals surface area contributed by atoms with Gasteiger partial charge < -0.3 is 15.5 Å². The second-order valence-corrected chi connectivity index (χ2v) is 5.63. The van der Waals surface area contributed by atoms with Crippen molar-refractivity contribution in [3.05, 3.63) is 42.3 Å². The van der Waals surface area contributed by atoms with Gasteiger partial charge in [0, 0.05) is 12.1 Å². The van der Waals surface area contributed by atoms with Crippen LogP contribution in [-0.2, 0) is 0 Å². The molecule has 1 unspecified atom stereocenters. The number of nitrogens with one attached hydrogen (secondary N) is 1. The SMILES string of the molecule is CC(C)C(C)(CN)NC(=O)c1coc(-c2ccccc2)n1. The molecule has 1 heterocycles. The smallest absolute Gasteiger partial charge is 0.273 e. The van der Waals surface area contributed by atoms with Crippen LogP contribution < -0.4 is 11.1 Å². The zero-order valence-corrected chi connectivity index (χ0v) is 12.6. The highest BCUT2D eigenvalue weighted by Gasteiger charge is 2.29. The predicted molar refractivity (Wildman–Crippen MR) is 81.7 cm³/mol. The molecule has 2 rings (SSSR count). The third-order valence-corrected chi connectivity index (χ3v) is 3.85. The molecule has 0 aliphatic heterocycles. The molecule has 0 bridgehead atoms. The summed E-state index contributed by atoms with van der Waals surface area (Å²) in [5.41, 5.74) is 6.40. The normalized spacial score (nSPS) is 14.0. The minimum Gasteiger partial charge on any atom is -0.444 e. The van der Waals surface area contributed by atoms with E-state index in [0.29, 0.717) is 12.4 Å². The average molecular weight is 287 g/mol. The lowest BCUT2D eigenvalue weighted by Crippen LogP contribution is -2.55. The number of hydrogen-bond donors (Lipinski definition) is 2. The molecule has 21 heavy (non-hydrogen) atoms. The number of carbonyl (C=O) groups is 1. The van der Waals surface area contributed by atoms with E-state index in [1.165, 1.54) is 6.26 Å². The molecule has 0 saturated heterocycles. The minimum absolute atomic E-state index is 0.215. The van der Waals surface area contributed by atoms with Gasteiger partial charge in [0.15, 0.2) is 5.69 Å². The van der Waals surface area contributed by atoms with E-state index in [2.05, 4.69) is 10.3 Å². The van der Waals surface area contributed by atoms with Crippen LogP contribution >= 0.6 is 0 Å². The largest absolute Gasteiger partial charge is 0.444 e. The van der Waals surface area contributed by atoms with Crippen LogP contribution in [0.3, 0.4) is 0 Å². The molecule has 112 valence electrons. The number of hydrogen-bond acceptors (Lipinski definition) is 4. The van der Waals surface area contributed by atoms with E-state index in [0.717, 1.165) is 5.56 Å². The van der Waals surface area contributed by atoms with Crippen molar-refractivity contribution in [1.82, 2.24) is 10.3 Å². The molecule has 0 fully saturated rings. The number of carbonyl (C=O) groups excluding carboxylic acids is 1. The number of nitrogens with zero attached hydrogens (tertiary/aromatic N) is 1. The molecule has 0 aliphatic rings. The Balaban J connectivity index is 2.16. The first-order valence-corrected chi connectivity index (χ1v) is 7.00. The molecule has 0 saturated carbocycles. The maximum Gasteiger partial charge on any atom is 0.273 e. The van der Waals surface area contributed by atoms with Crippen LogP contribution in [0.5, 0.6) is 0 Å². The van der Waals surface area contributed by atoms with E-state index in [4.69, 9.17) is 10.2 Å². The van der Waals surface area contributed by atoms with Crippen LogP contribution in [0.25, 0.3) is 11.5 Å². The molecule has 0 radical (unpaired) electrons. The van der Waals surface area contributed by atoms with Crippen LogP contribution in [0, 0.1) is 5.92 Å². The Morgan fingerprint density at radius 1 is 1.38 bits per heavy atom. The van der Waals surface area contributed by atoms with Gasteiger partial charge in [-0.05, 0) is 25.0 Å². The summed E-state index contributed by atoms with van der Waals surface area (Å²) in [5.74, 6) is 0.370. The van der Waals surface area contributed by atoms with E-state index in [9.17, 15) is 4.79 Å². The summed E-state index contributed by atoms with van der Waals surface area (Å²) in [6, 6.07) is 9.46. The molecule has 1 amide bonds. The Kier molecular flexibility index (Phi) is 4.43. The minimum atomic E-state index is -0.469. The van der Waals surface area contributed by atoms with Crippen LogP contribution in [0.1, 0.15) is 31.3 Å². The number of oxazole rings is 1. The van der Waals surface area contributed by atoms with E-state index in [-0.39, 0.29) is 17.5 Å². The summed E-state index contributed by atoms with van der Waals surface area (Å²) < 4.78 is 5.38. The summed E-state index contributed by atoms with van der Waals surface area (Å²) in [6.07, 6.45) is 1.37. The lowest BCUT2D eigenvalue weighted by Gasteiger charge is -2.33. The molecule has 5 heteroatoms. The number of nitrogens with two attached hydrogens (primary N) is 1. The first-order chi connectivity index (χ1) is 9.96. The fourth-order valence-corrected chi connectivity index (χ4v) is 1.85. The highest BCUT2D eigenvalue weighted by Crippen LogP contribution is 2.19. The summed E-state index contributed by atoms with van der Waals surface area (Å²) in [7, 11) is 0. The van der Waals surface area contributed by atoms with Gasteiger partial charge in [0.2, 0.25) is 5.89 Å². The van der Waals surface area contributed by atoms with E-state index < -0.39 is 5.54 Å². The maximum atomic E-state index is 12.3. The highest BCUT2D eigenvalue weighted by molar-refractivity contribution is 5.93. The standard InChI is InChI=1S/C16H21N3O2/c1-11(2)16(3,10-17)19-14(20)13-9-21-15(18-13)12-7-5-4-6-8-12/h4-9,11H,10,17H2,1-3H3,(H,19,20). The maximum absolute atomic E-state index is 12.3. The number of aromatic nitrogens is 1. The monoisotopic (exact) mass is 287 g/mol. The van der Waals surface area contributed by atoms with Gasteiger partial charge in [0.05, 0.1) is 5.54 Å². The van der Waals surface area contributed by atoms with Gasteiger partial charge in [-0.3, -0.25) is 4.79 Å². The second kappa shape index (κ2) is 6.10. The molecule has 1 aromatic carbocycles. The Bertz CT molecular complexity index is 607. The molecule has 0 spiro atoms. The van der Waals surface area contributed by atoms with Gasteiger partial charge in [-0.15, -0.1) is 0 Å². The van der Waals surface area contributed by atoms with Gasteiger partial charge in [-0.2, -0.15) is 0 Å². The fraction of sp³-hybridized carbons (Fsp3) is 0.375. The summed E-state index contributed by atoms with van der Waals surface area (Å²) in [5, 5.41) is 2.94. The Morgan fingerprint density at radius 2 is 2.05 bits per heavy atom. The van der Waals surface area contributed by atoms with Crippen molar-refractivity contribution in [1.29, 1.82) is 0 Å². The van der Waals surface area contributed by atoms with Crippen molar-refractivity contribution < 1.29 is 9.21 Å². The molecule has 5 nitrogen and oxygen atoms in total. The summed E-state index contributed by atoms with van der Waals surface area (Å²) >= 11 is 0. The van der Waals surface area contributed by atoms with Crippen LogP contribution in [0.15, 0.2) is 41.0 Å². The van der Waals surface area contributed by atoms with Gasteiger partial charge >= 0.3 is 0 Å². The van der Waals surface area contributed by atoms with Gasteiger partial charge in [-0.1, -0.05) is 32.0 Å². The molecule has 1 aromatic heterocycles. The van der Waals surface area contributed by atoms with Crippen molar-refractivity contribution in [2.75, 3.05) is 6.54 Å². The number of benzene rings is 1. The number of amides is 1. The highest BCUT2D eigenvalue weighted by atomic mass is 16.3. The van der Waals surface area contributed by atoms with E-state index in [1.54, 1.807) is 0 Å². The second-order valence-electron chi connectivity index (χ2n) is 5.63. The van der Waals surface area contributed by atoms with E-state index in [1.807, 2.05) is 51.1 Å². The average Bonchev–Trinajstić information content (AvgIpc) is 2.97.